The van der Waals surface area contributed by atoms with Crippen LogP contribution in [0.1, 0.15) is 49.7 Å². The van der Waals surface area contributed by atoms with Crippen molar-refractivity contribution in [2.45, 2.75) is 69.4 Å². The molecule has 210 valence electrons. The van der Waals surface area contributed by atoms with Crippen LogP contribution in [0.3, 0.4) is 0 Å². The molecule has 0 aromatic heterocycles. The molecule has 9 nitrogen and oxygen atoms in total. The van der Waals surface area contributed by atoms with E-state index in [1.54, 1.807) is 41.7 Å². The van der Waals surface area contributed by atoms with Crippen LogP contribution in [0.15, 0.2) is 17.0 Å². The van der Waals surface area contributed by atoms with E-state index in [1.165, 1.54) is 0 Å². The largest absolute Gasteiger partial charge is 0.497 e. The number of hydrogen-bond acceptors (Lipinski definition) is 7. The molecule has 0 N–H and O–H groups in total. The minimum Gasteiger partial charge on any atom is -0.497 e. The van der Waals surface area contributed by atoms with Crippen LogP contribution in [0.25, 0.3) is 0 Å². The molecule has 0 saturated carbocycles. The Balaban J connectivity index is 1.31. The molecule has 1 unspecified atom stereocenters. The lowest BCUT2D eigenvalue weighted by molar-refractivity contribution is 0.0892. The fourth-order valence-corrected chi connectivity index (χ4v) is 9.95. The number of piperidine rings is 1. The molecule has 3 saturated heterocycles. The number of rotatable bonds is 9. The van der Waals surface area contributed by atoms with E-state index in [0.717, 1.165) is 51.9 Å². The summed E-state index contributed by atoms with van der Waals surface area (Å²) in [5, 5.41) is 0. The zero-order valence-electron chi connectivity index (χ0n) is 22.9. The number of sulfonamides is 2. The summed E-state index contributed by atoms with van der Waals surface area (Å²) in [4.78, 5) is 5.16. The number of ether oxygens (including phenoxy) is 1. The van der Waals surface area contributed by atoms with Crippen LogP contribution in [0.4, 0.5) is 0 Å². The van der Waals surface area contributed by atoms with Gasteiger partial charge in [0.25, 0.3) is 0 Å². The minimum absolute atomic E-state index is 0.0756. The molecule has 0 amide bonds. The van der Waals surface area contributed by atoms with Gasteiger partial charge < -0.3 is 9.64 Å². The third-order valence-corrected chi connectivity index (χ3v) is 12.6. The molecule has 3 heterocycles. The molecular formula is C26H44N4O5S2. The van der Waals surface area contributed by atoms with E-state index < -0.39 is 20.0 Å². The Morgan fingerprint density at radius 3 is 2.11 bits per heavy atom. The van der Waals surface area contributed by atoms with E-state index in [-0.39, 0.29) is 11.8 Å². The van der Waals surface area contributed by atoms with Crippen LogP contribution in [0.2, 0.25) is 0 Å². The second-order valence-corrected chi connectivity index (χ2v) is 14.8. The molecule has 1 aromatic carbocycles. The molecule has 0 radical (unpaired) electrons. The fraction of sp³-hybridized carbons (Fsp3) is 0.769. The van der Waals surface area contributed by atoms with Gasteiger partial charge in [0.1, 0.15) is 5.75 Å². The van der Waals surface area contributed by atoms with Gasteiger partial charge in [0.15, 0.2) is 0 Å². The molecule has 0 spiro atoms. The molecule has 1 atom stereocenters. The molecule has 4 rings (SSSR count). The highest BCUT2D eigenvalue weighted by Crippen LogP contribution is 2.33. The van der Waals surface area contributed by atoms with Crippen LogP contribution in [0.5, 0.6) is 5.75 Å². The first-order valence-electron chi connectivity index (χ1n) is 13.6. The molecule has 3 fully saturated rings. The summed E-state index contributed by atoms with van der Waals surface area (Å²) in [5.74, 6) is 0.718. The van der Waals surface area contributed by atoms with Crippen molar-refractivity contribution in [2.24, 2.45) is 0 Å². The lowest BCUT2D eigenvalue weighted by Crippen LogP contribution is -2.54. The number of nitrogens with zero attached hydrogens (tertiary/aromatic N) is 4. The SMILES string of the molecule is COc1cc(C)c(S(=O)(=O)N2CCCC2CCCS(=O)(=O)N2CCN(C3CCN(C)CC3)CC2)c(C)c1. The zero-order chi connectivity index (χ0) is 26.8. The van der Waals surface area contributed by atoms with Crippen molar-refractivity contribution in [3.05, 3.63) is 23.3 Å². The Kier molecular flexibility index (Phi) is 9.23. The van der Waals surface area contributed by atoms with Crippen molar-refractivity contribution in [1.29, 1.82) is 0 Å². The molecule has 0 bridgehead atoms. The van der Waals surface area contributed by atoms with Crippen molar-refractivity contribution < 1.29 is 21.6 Å². The van der Waals surface area contributed by atoms with Crippen molar-refractivity contribution in [3.63, 3.8) is 0 Å². The number of piperazine rings is 1. The summed E-state index contributed by atoms with van der Waals surface area (Å²) >= 11 is 0. The summed E-state index contributed by atoms with van der Waals surface area (Å²) in [6.45, 7) is 8.97. The van der Waals surface area contributed by atoms with Gasteiger partial charge in [-0.25, -0.2) is 16.8 Å². The second-order valence-electron chi connectivity index (χ2n) is 10.9. The lowest BCUT2D eigenvalue weighted by atomic mass is 10.0. The number of likely N-dealkylation sites (tertiary alicyclic amines) is 1. The Hall–Kier alpha value is -1.24. The summed E-state index contributed by atoms with van der Waals surface area (Å²) < 4.78 is 62.0. The van der Waals surface area contributed by atoms with Crippen molar-refractivity contribution in [1.82, 2.24) is 18.4 Å². The van der Waals surface area contributed by atoms with Crippen molar-refractivity contribution >= 4 is 20.0 Å². The third kappa shape index (κ3) is 6.50. The van der Waals surface area contributed by atoms with E-state index in [0.29, 0.717) is 60.3 Å². The van der Waals surface area contributed by atoms with E-state index >= 15 is 0 Å². The standard InChI is InChI=1S/C26H44N4O5S2/c1-21-19-25(35-4)20-22(2)26(21)37(33,34)30-11-5-7-24(30)8-6-18-36(31,32)29-16-14-28(15-17-29)23-9-12-27(3)13-10-23/h19-20,23-24H,5-18H2,1-4H3. The van der Waals surface area contributed by atoms with Gasteiger partial charge in [-0.05, 0) is 95.8 Å². The summed E-state index contributed by atoms with van der Waals surface area (Å²) in [7, 11) is -3.29. The minimum atomic E-state index is -3.67. The van der Waals surface area contributed by atoms with E-state index in [2.05, 4.69) is 16.8 Å². The summed E-state index contributed by atoms with van der Waals surface area (Å²) in [6.07, 6.45) is 4.89. The van der Waals surface area contributed by atoms with Gasteiger partial charge >= 0.3 is 0 Å². The summed E-state index contributed by atoms with van der Waals surface area (Å²) in [5.41, 5.74) is 1.34. The first-order valence-corrected chi connectivity index (χ1v) is 16.7. The highest BCUT2D eigenvalue weighted by molar-refractivity contribution is 7.89. The predicted molar refractivity (Wildman–Crippen MR) is 146 cm³/mol. The van der Waals surface area contributed by atoms with Crippen LogP contribution in [-0.4, -0.2) is 113 Å². The van der Waals surface area contributed by atoms with Crippen LogP contribution < -0.4 is 4.74 Å². The summed E-state index contributed by atoms with van der Waals surface area (Å²) in [6, 6.07) is 3.91. The third-order valence-electron chi connectivity index (χ3n) is 8.37. The molecule has 3 aliphatic heterocycles. The Morgan fingerprint density at radius 1 is 0.892 bits per heavy atom. The smallest absolute Gasteiger partial charge is 0.243 e. The maximum atomic E-state index is 13.6. The maximum Gasteiger partial charge on any atom is 0.243 e. The Bertz CT molecular complexity index is 1120. The highest BCUT2D eigenvalue weighted by Gasteiger charge is 2.37. The van der Waals surface area contributed by atoms with Gasteiger partial charge in [-0.2, -0.15) is 8.61 Å². The lowest BCUT2D eigenvalue weighted by Gasteiger charge is -2.41. The second kappa shape index (κ2) is 11.9. The van der Waals surface area contributed by atoms with Gasteiger partial charge in [-0.3, -0.25) is 4.90 Å². The van der Waals surface area contributed by atoms with Crippen LogP contribution in [-0.2, 0) is 20.0 Å². The average molecular weight is 557 g/mol. The van der Waals surface area contributed by atoms with Gasteiger partial charge in [0.05, 0.1) is 17.8 Å². The topological polar surface area (TPSA) is 90.5 Å². The van der Waals surface area contributed by atoms with Gasteiger partial charge in [0, 0.05) is 44.8 Å². The zero-order valence-corrected chi connectivity index (χ0v) is 24.5. The highest BCUT2D eigenvalue weighted by atomic mass is 32.2. The van der Waals surface area contributed by atoms with Gasteiger partial charge in [0.2, 0.25) is 20.0 Å². The van der Waals surface area contributed by atoms with Crippen LogP contribution in [0, 0.1) is 13.8 Å². The molecule has 11 heteroatoms. The fourth-order valence-electron chi connectivity index (χ4n) is 6.30. The van der Waals surface area contributed by atoms with Crippen molar-refractivity contribution in [2.75, 3.05) is 65.7 Å². The molecule has 1 aromatic rings. The van der Waals surface area contributed by atoms with Gasteiger partial charge in [-0.15, -0.1) is 0 Å². The molecular weight excluding hydrogens is 512 g/mol. The van der Waals surface area contributed by atoms with Crippen LogP contribution >= 0.6 is 0 Å². The van der Waals surface area contributed by atoms with E-state index in [1.807, 2.05) is 0 Å². The van der Waals surface area contributed by atoms with Gasteiger partial charge in [-0.1, -0.05) is 0 Å². The average Bonchev–Trinajstić information content (AvgIpc) is 3.33. The number of hydrogen-bond donors (Lipinski definition) is 0. The Labute approximate surface area is 223 Å². The first-order chi connectivity index (χ1) is 17.5. The quantitative estimate of drug-likeness (QED) is 0.461. The number of aryl methyl sites for hydroxylation is 2. The molecule has 0 aliphatic carbocycles. The Morgan fingerprint density at radius 2 is 1.51 bits per heavy atom. The predicted octanol–water partition coefficient (Wildman–Crippen LogP) is 2.29. The normalized spacial score (nSPS) is 24.1. The maximum absolute atomic E-state index is 13.6. The van der Waals surface area contributed by atoms with Crippen molar-refractivity contribution in [3.8, 4) is 5.75 Å². The van der Waals surface area contributed by atoms with E-state index in [4.69, 9.17) is 4.74 Å². The number of benzene rings is 1. The number of methoxy groups -OCH3 is 1. The molecule has 3 aliphatic rings. The first kappa shape index (κ1) is 28.8. The van der Waals surface area contributed by atoms with E-state index in [9.17, 15) is 16.8 Å². The monoisotopic (exact) mass is 556 g/mol. The molecule has 37 heavy (non-hydrogen) atoms.